The summed E-state index contributed by atoms with van der Waals surface area (Å²) in [6.07, 6.45) is 2.97. The van der Waals surface area contributed by atoms with Gasteiger partial charge in [-0.2, -0.15) is 0 Å². The lowest BCUT2D eigenvalue weighted by molar-refractivity contribution is -0.143. The van der Waals surface area contributed by atoms with Gasteiger partial charge in [0.2, 0.25) is 0 Å². The average Bonchev–Trinajstić information content (AvgIpc) is 2.94. The number of halogens is 2. The van der Waals surface area contributed by atoms with E-state index >= 15 is 0 Å². The zero-order chi connectivity index (χ0) is 18.0. The SMILES string of the molecule is CC(=O)OCC1CN(c2cc(F)c(C3C=CCCN3)c(F)c2)C(=O)O1. The summed E-state index contributed by atoms with van der Waals surface area (Å²) in [5.41, 5.74) is -0.0161. The molecule has 1 amide bonds. The lowest BCUT2D eigenvalue weighted by Crippen LogP contribution is -2.28. The maximum absolute atomic E-state index is 14.5. The normalized spacial score (nSPS) is 22.8. The van der Waals surface area contributed by atoms with Crippen molar-refractivity contribution in [1.82, 2.24) is 5.32 Å². The van der Waals surface area contributed by atoms with E-state index in [4.69, 9.17) is 9.47 Å². The number of hydrogen-bond donors (Lipinski definition) is 1. The van der Waals surface area contributed by atoms with Crippen molar-refractivity contribution in [1.29, 1.82) is 0 Å². The number of carbonyl (C=O) groups excluding carboxylic acids is 2. The summed E-state index contributed by atoms with van der Waals surface area (Å²) >= 11 is 0. The molecular weight excluding hydrogens is 334 g/mol. The highest BCUT2D eigenvalue weighted by molar-refractivity contribution is 5.89. The minimum absolute atomic E-state index is 0.0475. The number of ether oxygens (including phenoxy) is 2. The molecule has 0 bridgehead atoms. The van der Waals surface area contributed by atoms with Gasteiger partial charge < -0.3 is 14.8 Å². The van der Waals surface area contributed by atoms with E-state index < -0.39 is 35.8 Å². The van der Waals surface area contributed by atoms with Crippen LogP contribution in [0.15, 0.2) is 24.3 Å². The Hall–Kier alpha value is -2.48. The highest BCUT2D eigenvalue weighted by atomic mass is 19.1. The molecule has 25 heavy (non-hydrogen) atoms. The van der Waals surface area contributed by atoms with Crippen LogP contribution in [0.1, 0.15) is 24.9 Å². The Kier molecular flexibility index (Phi) is 4.98. The van der Waals surface area contributed by atoms with Crippen molar-refractivity contribution in [2.75, 3.05) is 24.6 Å². The lowest BCUT2D eigenvalue weighted by Gasteiger charge is -2.21. The zero-order valence-corrected chi connectivity index (χ0v) is 13.6. The standard InChI is InChI=1S/C17H18F2N2O4/c1-10(22)24-9-12-8-21(17(23)25-12)11-6-13(18)16(14(19)7-11)15-4-2-3-5-20-15/h2,4,6-7,12,15,20H,3,5,8-9H2,1H3. The molecule has 8 heteroatoms. The molecule has 2 atom stereocenters. The van der Waals surface area contributed by atoms with E-state index in [9.17, 15) is 18.4 Å². The molecule has 134 valence electrons. The first-order chi connectivity index (χ1) is 12.0. The average molecular weight is 352 g/mol. The smallest absolute Gasteiger partial charge is 0.414 e. The third-order valence-electron chi connectivity index (χ3n) is 4.04. The van der Waals surface area contributed by atoms with Crippen molar-refractivity contribution < 1.29 is 27.8 Å². The summed E-state index contributed by atoms with van der Waals surface area (Å²) in [6.45, 7) is 1.83. The summed E-state index contributed by atoms with van der Waals surface area (Å²) in [4.78, 5) is 23.9. The van der Waals surface area contributed by atoms with Gasteiger partial charge in [-0.25, -0.2) is 13.6 Å². The molecule has 2 unspecified atom stereocenters. The molecule has 0 aliphatic carbocycles. The van der Waals surface area contributed by atoms with Crippen LogP contribution in [0.3, 0.4) is 0 Å². The van der Waals surface area contributed by atoms with Crippen molar-refractivity contribution in [2.24, 2.45) is 0 Å². The maximum atomic E-state index is 14.5. The van der Waals surface area contributed by atoms with Gasteiger partial charge in [0.25, 0.3) is 0 Å². The second-order valence-electron chi connectivity index (χ2n) is 5.89. The van der Waals surface area contributed by atoms with Crippen LogP contribution in [0.25, 0.3) is 0 Å². The van der Waals surface area contributed by atoms with E-state index in [2.05, 4.69) is 5.32 Å². The minimum atomic E-state index is -0.740. The number of hydrogen-bond acceptors (Lipinski definition) is 5. The van der Waals surface area contributed by atoms with E-state index in [0.717, 1.165) is 23.5 Å². The summed E-state index contributed by atoms with van der Waals surface area (Å²) in [5, 5.41) is 3.03. The summed E-state index contributed by atoms with van der Waals surface area (Å²) in [7, 11) is 0. The summed E-state index contributed by atoms with van der Waals surface area (Å²) in [6, 6.07) is 1.68. The van der Waals surface area contributed by atoms with Crippen LogP contribution in [0.2, 0.25) is 0 Å². The molecule has 2 aliphatic heterocycles. The van der Waals surface area contributed by atoms with Crippen LogP contribution in [-0.2, 0) is 14.3 Å². The first-order valence-electron chi connectivity index (χ1n) is 7.96. The predicted octanol–water partition coefficient (Wildman–Crippen LogP) is 2.44. The zero-order valence-electron chi connectivity index (χ0n) is 13.6. The minimum Gasteiger partial charge on any atom is -0.462 e. The van der Waals surface area contributed by atoms with Crippen molar-refractivity contribution in [3.05, 3.63) is 41.5 Å². The Morgan fingerprint density at radius 2 is 2.12 bits per heavy atom. The van der Waals surface area contributed by atoms with Crippen molar-refractivity contribution >= 4 is 17.7 Å². The predicted molar refractivity (Wildman–Crippen MR) is 85.1 cm³/mol. The van der Waals surface area contributed by atoms with Crippen molar-refractivity contribution in [3.8, 4) is 0 Å². The summed E-state index contributed by atoms with van der Waals surface area (Å²) < 4.78 is 38.8. The number of carbonyl (C=O) groups is 2. The number of benzene rings is 1. The van der Waals surface area contributed by atoms with Crippen molar-refractivity contribution in [3.63, 3.8) is 0 Å². The fraction of sp³-hybridized carbons (Fsp3) is 0.412. The molecule has 2 heterocycles. The number of rotatable bonds is 4. The van der Waals surface area contributed by atoms with Gasteiger partial charge >= 0.3 is 12.1 Å². The molecule has 1 fully saturated rings. The Bertz CT molecular complexity index is 700. The fourth-order valence-corrected chi connectivity index (χ4v) is 2.87. The highest BCUT2D eigenvalue weighted by Crippen LogP contribution is 2.30. The Labute approximate surface area is 143 Å². The maximum Gasteiger partial charge on any atom is 0.414 e. The first kappa shape index (κ1) is 17.3. The van der Waals surface area contributed by atoms with Gasteiger partial charge in [-0.1, -0.05) is 12.2 Å². The van der Waals surface area contributed by atoms with Crippen LogP contribution in [0.4, 0.5) is 19.3 Å². The number of nitrogens with zero attached hydrogens (tertiary/aromatic N) is 1. The molecular formula is C17H18F2N2O4. The number of cyclic esters (lactones) is 1. The lowest BCUT2D eigenvalue weighted by atomic mass is 10.0. The summed E-state index contributed by atoms with van der Waals surface area (Å²) in [5.74, 6) is -1.98. The molecule has 1 aromatic rings. The second-order valence-corrected chi connectivity index (χ2v) is 5.89. The van der Waals surface area contributed by atoms with Gasteiger partial charge in [-0.3, -0.25) is 9.69 Å². The van der Waals surface area contributed by atoms with E-state index in [1.54, 1.807) is 6.08 Å². The molecule has 2 aliphatic rings. The van der Waals surface area contributed by atoms with Gasteiger partial charge in [0.05, 0.1) is 18.3 Å². The highest BCUT2D eigenvalue weighted by Gasteiger charge is 2.34. The largest absolute Gasteiger partial charge is 0.462 e. The van der Waals surface area contributed by atoms with Gasteiger partial charge in [-0.15, -0.1) is 0 Å². The quantitative estimate of drug-likeness (QED) is 0.666. The molecule has 6 nitrogen and oxygen atoms in total. The number of esters is 1. The van der Waals surface area contributed by atoms with Crippen LogP contribution in [0, 0.1) is 11.6 Å². The van der Waals surface area contributed by atoms with Crippen molar-refractivity contribution in [2.45, 2.75) is 25.5 Å². The van der Waals surface area contributed by atoms with Gasteiger partial charge in [0.15, 0.2) is 6.10 Å². The number of anilines is 1. The third-order valence-corrected chi connectivity index (χ3v) is 4.04. The van der Waals surface area contributed by atoms with Gasteiger partial charge in [0.1, 0.15) is 18.2 Å². The molecule has 1 N–H and O–H groups in total. The van der Waals surface area contributed by atoms with Gasteiger partial charge in [-0.05, 0) is 25.1 Å². The van der Waals surface area contributed by atoms with E-state index in [1.807, 2.05) is 6.08 Å². The molecule has 1 saturated heterocycles. The van der Waals surface area contributed by atoms with Crippen LogP contribution < -0.4 is 10.2 Å². The van der Waals surface area contributed by atoms with Crippen LogP contribution >= 0.6 is 0 Å². The first-order valence-corrected chi connectivity index (χ1v) is 7.96. The number of nitrogens with one attached hydrogen (secondary N) is 1. The molecule has 1 aromatic carbocycles. The molecule has 0 radical (unpaired) electrons. The Balaban J connectivity index is 1.79. The van der Waals surface area contributed by atoms with Gasteiger partial charge in [0, 0.05) is 12.5 Å². The van der Waals surface area contributed by atoms with E-state index in [0.29, 0.717) is 6.54 Å². The number of amides is 1. The molecule has 0 saturated carbocycles. The Morgan fingerprint density at radius 3 is 2.72 bits per heavy atom. The monoisotopic (exact) mass is 352 g/mol. The molecule has 0 aromatic heterocycles. The molecule has 0 spiro atoms. The fourth-order valence-electron chi connectivity index (χ4n) is 2.87. The Morgan fingerprint density at radius 1 is 1.40 bits per heavy atom. The van der Waals surface area contributed by atoms with E-state index in [-0.39, 0.29) is 24.4 Å². The van der Waals surface area contributed by atoms with E-state index in [1.165, 1.54) is 6.92 Å². The van der Waals surface area contributed by atoms with Crippen LogP contribution in [0.5, 0.6) is 0 Å². The topological polar surface area (TPSA) is 67.9 Å². The van der Waals surface area contributed by atoms with Crippen LogP contribution in [-0.4, -0.2) is 37.9 Å². The molecule has 3 rings (SSSR count). The third kappa shape index (κ3) is 3.79. The second kappa shape index (κ2) is 7.18.